The molecule has 0 aliphatic heterocycles. The molecule has 0 amide bonds. The van der Waals surface area contributed by atoms with E-state index in [1.54, 1.807) is 0 Å². The van der Waals surface area contributed by atoms with E-state index in [1.165, 1.54) is 25.1 Å². The molecule has 2 unspecified atom stereocenters. The van der Waals surface area contributed by atoms with Crippen LogP contribution in [0.1, 0.15) is 25.0 Å². The van der Waals surface area contributed by atoms with Gasteiger partial charge in [-0.05, 0) is 30.2 Å². The van der Waals surface area contributed by atoms with Crippen LogP contribution in [0.5, 0.6) is 0 Å². The van der Waals surface area contributed by atoms with Gasteiger partial charge >= 0.3 is 5.97 Å². The summed E-state index contributed by atoms with van der Waals surface area (Å²) in [6.45, 7) is 1.50. The molecule has 1 aromatic rings. The van der Waals surface area contributed by atoms with Gasteiger partial charge in [0.1, 0.15) is 5.82 Å². The fourth-order valence-corrected chi connectivity index (χ4v) is 1.84. The lowest BCUT2D eigenvalue weighted by Crippen LogP contribution is -2.14. The summed E-state index contributed by atoms with van der Waals surface area (Å²) in [5.41, 5.74) is 0.369. The molecular formula is C11H12BrFO3. The zero-order valence-electron chi connectivity index (χ0n) is 8.65. The number of carboxylic acids is 1. The number of hydrogen-bond donors (Lipinski definition) is 2. The molecule has 16 heavy (non-hydrogen) atoms. The van der Waals surface area contributed by atoms with Gasteiger partial charge in [0.25, 0.3) is 0 Å². The summed E-state index contributed by atoms with van der Waals surface area (Å²) in [5.74, 6) is -2.11. The van der Waals surface area contributed by atoms with E-state index >= 15 is 0 Å². The average molecular weight is 291 g/mol. The van der Waals surface area contributed by atoms with Crippen molar-refractivity contribution in [2.45, 2.75) is 19.4 Å². The van der Waals surface area contributed by atoms with Gasteiger partial charge in [-0.3, -0.25) is 4.79 Å². The van der Waals surface area contributed by atoms with Crippen molar-refractivity contribution < 1.29 is 19.4 Å². The Bertz CT molecular complexity index is 395. The number of halogens is 2. The van der Waals surface area contributed by atoms with Crippen molar-refractivity contribution in [3.63, 3.8) is 0 Å². The Kier molecular flexibility index (Phi) is 4.44. The van der Waals surface area contributed by atoms with Gasteiger partial charge < -0.3 is 10.2 Å². The Morgan fingerprint density at radius 1 is 1.56 bits per heavy atom. The molecule has 0 aliphatic carbocycles. The van der Waals surface area contributed by atoms with Gasteiger partial charge in [-0.1, -0.05) is 22.9 Å². The van der Waals surface area contributed by atoms with E-state index in [-0.39, 0.29) is 6.42 Å². The highest BCUT2D eigenvalue weighted by atomic mass is 79.9. The number of aliphatic hydroxyl groups is 1. The zero-order valence-corrected chi connectivity index (χ0v) is 10.2. The molecular weight excluding hydrogens is 279 g/mol. The summed E-state index contributed by atoms with van der Waals surface area (Å²) in [6.07, 6.45) is -0.937. The molecule has 0 radical (unpaired) electrons. The first-order valence-corrected chi connectivity index (χ1v) is 5.57. The molecule has 0 fully saturated rings. The Morgan fingerprint density at radius 2 is 2.19 bits per heavy atom. The number of benzene rings is 1. The van der Waals surface area contributed by atoms with E-state index in [4.69, 9.17) is 5.11 Å². The molecule has 1 aromatic carbocycles. The highest BCUT2D eigenvalue weighted by Gasteiger charge is 2.19. The molecule has 2 N–H and O–H groups in total. The van der Waals surface area contributed by atoms with Crippen LogP contribution in [0.4, 0.5) is 4.39 Å². The van der Waals surface area contributed by atoms with E-state index in [9.17, 15) is 14.3 Å². The first-order valence-electron chi connectivity index (χ1n) is 4.77. The minimum absolute atomic E-state index is 0.0530. The fourth-order valence-electron chi connectivity index (χ4n) is 1.33. The Labute approximate surface area is 101 Å². The number of rotatable bonds is 4. The molecule has 0 aromatic heterocycles. The molecule has 0 saturated heterocycles. The molecule has 0 aliphatic rings. The monoisotopic (exact) mass is 290 g/mol. The van der Waals surface area contributed by atoms with Crippen molar-refractivity contribution in [3.8, 4) is 0 Å². The van der Waals surface area contributed by atoms with Crippen molar-refractivity contribution in [2.75, 3.05) is 0 Å². The third kappa shape index (κ3) is 3.28. The lowest BCUT2D eigenvalue weighted by atomic mass is 9.98. The summed E-state index contributed by atoms with van der Waals surface area (Å²) in [5, 5.41) is 18.5. The maximum absolute atomic E-state index is 13.0. The van der Waals surface area contributed by atoms with Crippen LogP contribution < -0.4 is 0 Å². The second-order valence-electron chi connectivity index (χ2n) is 3.66. The van der Waals surface area contributed by atoms with Gasteiger partial charge in [0.05, 0.1) is 12.0 Å². The van der Waals surface area contributed by atoms with Gasteiger partial charge in [-0.15, -0.1) is 0 Å². The average Bonchev–Trinajstić information content (AvgIpc) is 2.21. The molecule has 88 valence electrons. The van der Waals surface area contributed by atoms with Crippen LogP contribution >= 0.6 is 15.9 Å². The Hall–Kier alpha value is -0.940. The predicted octanol–water partition coefficient (Wildman–Crippen LogP) is 2.73. The van der Waals surface area contributed by atoms with Crippen LogP contribution in [0.3, 0.4) is 0 Å². The van der Waals surface area contributed by atoms with Gasteiger partial charge in [0.2, 0.25) is 0 Å². The van der Waals surface area contributed by atoms with Gasteiger partial charge in [-0.25, -0.2) is 4.39 Å². The smallest absolute Gasteiger partial charge is 0.306 e. The third-order valence-electron chi connectivity index (χ3n) is 2.32. The molecule has 2 atom stereocenters. The molecule has 0 heterocycles. The first kappa shape index (κ1) is 13.1. The normalized spacial score (nSPS) is 14.5. The van der Waals surface area contributed by atoms with Crippen molar-refractivity contribution >= 4 is 21.9 Å². The molecule has 0 spiro atoms. The van der Waals surface area contributed by atoms with Gasteiger partial charge in [0, 0.05) is 4.47 Å². The standard InChI is InChI=1S/C11H12BrFO3/c1-6(11(15)16)4-10(14)8-5-7(13)2-3-9(8)12/h2-3,5-6,10,14H,4H2,1H3,(H,15,16). The number of hydrogen-bond acceptors (Lipinski definition) is 2. The van der Waals surface area contributed by atoms with Crippen molar-refractivity contribution in [1.29, 1.82) is 0 Å². The molecule has 5 heteroatoms. The minimum atomic E-state index is -0.990. The Morgan fingerprint density at radius 3 is 2.75 bits per heavy atom. The lowest BCUT2D eigenvalue weighted by Gasteiger charge is -2.15. The summed E-state index contributed by atoms with van der Waals surface area (Å²) >= 11 is 3.18. The van der Waals surface area contributed by atoms with E-state index in [0.29, 0.717) is 10.0 Å². The topological polar surface area (TPSA) is 57.5 Å². The van der Waals surface area contributed by atoms with Crippen molar-refractivity contribution in [1.82, 2.24) is 0 Å². The maximum Gasteiger partial charge on any atom is 0.306 e. The molecule has 3 nitrogen and oxygen atoms in total. The van der Waals surface area contributed by atoms with Crippen LogP contribution in [0.25, 0.3) is 0 Å². The predicted molar refractivity (Wildman–Crippen MR) is 60.5 cm³/mol. The van der Waals surface area contributed by atoms with Crippen LogP contribution in [-0.4, -0.2) is 16.2 Å². The van der Waals surface area contributed by atoms with E-state index in [1.807, 2.05) is 0 Å². The summed E-state index contributed by atoms with van der Waals surface area (Å²) in [7, 11) is 0. The first-order chi connectivity index (χ1) is 7.41. The van der Waals surface area contributed by atoms with Crippen LogP contribution in [0.15, 0.2) is 22.7 Å². The van der Waals surface area contributed by atoms with Gasteiger partial charge in [-0.2, -0.15) is 0 Å². The molecule has 0 saturated carbocycles. The third-order valence-corrected chi connectivity index (χ3v) is 3.04. The number of aliphatic hydroxyl groups excluding tert-OH is 1. The minimum Gasteiger partial charge on any atom is -0.481 e. The maximum atomic E-state index is 13.0. The van der Waals surface area contributed by atoms with Gasteiger partial charge in [0.15, 0.2) is 0 Å². The van der Waals surface area contributed by atoms with Crippen LogP contribution in [0, 0.1) is 11.7 Å². The number of carbonyl (C=O) groups is 1. The van der Waals surface area contributed by atoms with E-state index in [0.717, 1.165) is 0 Å². The van der Waals surface area contributed by atoms with E-state index in [2.05, 4.69) is 15.9 Å². The number of carboxylic acid groups (broad SMARTS) is 1. The highest BCUT2D eigenvalue weighted by molar-refractivity contribution is 9.10. The number of aliphatic carboxylic acids is 1. The van der Waals surface area contributed by atoms with Crippen LogP contribution in [0.2, 0.25) is 0 Å². The second-order valence-corrected chi connectivity index (χ2v) is 4.51. The summed E-state index contributed by atoms with van der Waals surface area (Å²) in [6, 6.07) is 3.95. The van der Waals surface area contributed by atoms with Crippen molar-refractivity contribution in [2.24, 2.45) is 5.92 Å². The Balaban J connectivity index is 2.83. The summed E-state index contributed by atoms with van der Waals surface area (Å²) < 4.78 is 13.5. The van der Waals surface area contributed by atoms with Crippen molar-refractivity contribution in [3.05, 3.63) is 34.1 Å². The summed E-state index contributed by atoms with van der Waals surface area (Å²) in [4.78, 5) is 10.6. The lowest BCUT2D eigenvalue weighted by molar-refractivity contribution is -0.142. The second kappa shape index (κ2) is 5.41. The zero-order chi connectivity index (χ0) is 12.3. The largest absolute Gasteiger partial charge is 0.481 e. The quantitative estimate of drug-likeness (QED) is 0.896. The fraction of sp³-hybridized carbons (Fsp3) is 0.364. The molecule has 0 bridgehead atoms. The highest BCUT2D eigenvalue weighted by Crippen LogP contribution is 2.28. The van der Waals surface area contributed by atoms with E-state index < -0.39 is 23.8 Å². The van der Waals surface area contributed by atoms with Crippen LogP contribution in [-0.2, 0) is 4.79 Å². The SMILES string of the molecule is CC(CC(O)c1cc(F)ccc1Br)C(=O)O. The molecule has 1 rings (SSSR count).